The predicted octanol–water partition coefficient (Wildman–Crippen LogP) is 3.58. The summed E-state index contributed by atoms with van der Waals surface area (Å²) in [6, 6.07) is 17.5. The number of hydrogen-bond acceptors (Lipinski definition) is 2. The highest BCUT2D eigenvalue weighted by Gasteiger charge is 2.20. The molecule has 1 fully saturated rings. The van der Waals surface area contributed by atoms with Gasteiger partial charge in [-0.3, -0.25) is 4.90 Å². The lowest BCUT2D eigenvalue weighted by Crippen LogP contribution is -2.51. The van der Waals surface area contributed by atoms with E-state index in [1.165, 1.54) is 11.6 Å². The lowest BCUT2D eigenvalue weighted by Gasteiger charge is -2.37. The molecule has 0 spiro atoms. The Balaban J connectivity index is 1.48. The normalized spacial score (nSPS) is 16.5. The summed E-state index contributed by atoms with van der Waals surface area (Å²) in [5, 5.41) is 4.21. The van der Waals surface area contributed by atoms with E-state index in [0.29, 0.717) is 6.54 Å². The van der Waals surface area contributed by atoms with E-state index in [9.17, 15) is 4.39 Å². The topological polar surface area (TPSA) is 18.5 Å². The van der Waals surface area contributed by atoms with Gasteiger partial charge in [0.15, 0.2) is 5.11 Å². The first-order valence-corrected chi connectivity index (χ1v) is 9.10. The Morgan fingerprint density at radius 2 is 1.68 bits per heavy atom. The molecular weight excluding hydrogens is 333 g/mol. The first-order chi connectivity index (χ1) is 12.1. The molecule has 0 bridgehead atoms. The fourth-order valence-corrected chi connectivity index (χ4v) is 3.44. The van der Waals surface area contributed by atoms with E-state index < -0.39 is 0 Å². The van der Waals surface area contributed by atoms with Crippen molar-refractivity contribution in [2.45, 2.75) is 19.5 Å². The second-order valence-electron chi connectivity index (χ2n) is 6.44. The van der Waals surface area contributed by atoms with Crippen LogP contribution in [0.15, 0.2) is 54.6 Å². The number of hydrogen-bond donors (Lipinski definition) is 1. The molecule has 25 heavy (non-hydrogen) atoms. The Labute approximate surface area is 154 Å². The maximum Gasteiger partial charge on any atom is 0.169 e. The van der Waals surface area contributed by atoms with Gasteiger partial charge in [-0.1, -0.05) is 48.5 Å². The molecule has 1 unspecified atom stereocenters. The first-order valence-electron chi connectivity index (χ1n) is 8.69. The first kappa shape index (κ1) is 17.8. The second kappa shape index (κ2) is 8.41. The van der Waals surface area contributed by atoms with Crippen LogP contribution in [0.2, 0.25) is 0 Å². The Kier molecular flexibility index (Phi) is 6.00. The molecule has 5 heteroatoms. The highest BCUT2D eigenvalue weighted by molar-refractivity contribution is 7.80. The summed E-state index contributed by atoms with van der Waals surface area (Å²) in [5.41, 5.74) is 1.98. The number of thiocarbonyl (C=S) groups is 1. The van der Waals surface area contributed by atoms with E-state index in [4.69, 9.17) is 12.2 Å². The van der Waals surface area contributed by atoms with Crippen LogP contribution >= 0.6 is 12.2 Å². The van der Waals surface area contributed by atoms with Crippen LogP contribution in [0.5, 0.6) is 0 Å². The molecule has 132 valence electrons. The summed E-state index contributed by atoms with van der Waals surface area (Å²) in [5.74, 6) is -0.126. The minimum absolute atomic E-state index is 0.126. The molecule has 2 aromatic rings. The van der Waals surface area contributed by atoms with Crippen molar-refractivity contribution in [1.82, 2.24) is 15.1 Å². The molecule has 1 aliphatic rings. The number of rotatable bonds is 4. The van der Waals surface area contributed by atoms with E-state index in [1.54, 1.807) is 6.07 Å². The predicted molar refractivity (Wildman–Crippen MR) is 104 cm³/mol. The molecule has 0 amide bonds. The summed E-state index contributed by atoms with van der Waals surface area (Å²) in [7, 11) is 0. The number of benzene rings is 2. The Morgan fingerprint density at radius 1 is 1.04 bits per heavy atom. The Hall–Kier alpha value is -1.98. The molecule has 0 aliphatic carbocycles. The quantitative estimate of drug-likeness (QED) is 0.843. The average molecular weight is 357 g/mol. The highest BCUT2D eigenvalue weighted by Crippen LogP contribution is 2.14. The summed E-state index contributed by atoms with van der Waals surface area (Å²) in [6.45, 7) is 6.27. The molecule has 1 N–H and O–H groups in total. The third-order valence-corrected chi connectivity index (χ3v) is 5.03. The second-order valence-corrected chi connectivity index (χ2v) is 6.82. The molecule has 0 aromatic heterocycles. The summed E-state index contributed by atoms with van der Waals surface area (Å²) >= 11 is 5.58. The van der Waals surface area contributed by atoms with Crippen molar-refractivity contribution in [3.8, 4) is 0 Å². The monoisotopic (exact) mass is 357 g/mol. The largest absolute Gasteiger partial charge is 0.356 e. The van der Waals surface area contributed by atoms with Gasteiger partial charge in [-0.2, -0.15) is 0 Å². The molecule has 1 aliphatic heterocycles. The fraction of sp³-hybridized carbons (Fsp3) is 0.350. The van der Waals surface area contributed by atoms with Crippen molar-refractivity contribution in [3.63, 3.8) is 0 Å². The van der Waals surface area contributed by atoms with Crippen LogP contribution in [0.25, 0.3) is 0 Å². The minimum atomic E-state index is -0.126. The van der Waals surface area contributed by atoms with Crippen molar-refractivity contribution in [3.05, 3.63) is 71.5 Å². The number of nitrogens with one attached hydrogen (secondary N) is 1. The van der Waals surface area contributed by atoms with Gasteiger partial charge in [-0.25, -0.2) is 4.39 Å². The average Bonchev–Trinajstić information content (AvgIpc) is 2.65. The van der Waals surface area contributed by atoms with Gasteiger partial charge in [0.25, 0.3) is 0 Å². The number of nitrogens with zero attached hydrogens (tertiary/aromatic N) is 2. The molecule has 1 heterocycles. The van der Waals surface area contributed by atoms with Gasteiger partial charge in [-0.15, -0.1) is 0 Å². The lowest BCUT2D eigenvalue weighted by atomic mass is 10.1. The molecular formula is C20H24FN3S. The zero-order valence-electron chi connectivity index (χ0n) is 14.5. The van der Waals surface area contributed by atoms with Gasteiger partial charge in [0.05, 0.1) is 6.04 Å². The van der Waals surface area contributed by atoms with Crippen LogP contribution in [0.4, 0.5) is 4.39 Å². The van der Waals surface area contributed by atoms with Gasteiger partial charge in [0.2, 0.25) is 0 Å². The van der Waals surface area contributed by atoms with Crippen molar-refractivity contribution in [2.24, 2.45) is 0 Å². The van der Waals surface area contributed by atoms with Crippen LogP contribution < -0.4 is 5.32 Å². The van der Waals surface area contributed by atoms with Gasteiger partial charge in [-0.05, 0) is 30.8 Å². The van der Waals surface area contributed by atoms with Crippen LogP contribution in [-0.2, 0) is 6.54 Å². The summed E-state index contributed by atoms with van der Waals surface area (Å²) < 4.78 is 13.8. The molecule has 2 aromatic carbocycles. The standard InChI is InChI=1S/C20H24FN3S/c1-16(17-7-3-2-4-8-17)22-20(25)24-13-11-23(12-14-24)15-18-9-5-6-10-19(18)21/h2-10,16H,11-15H2,1H3,(H,22,25). The van der Waals surface area contributed by atoms with E-state index in [1.807, 2.05) is 30.3 Å². The third-order valence-electron chi connectivity index (χ3n) is 4.65. The summed E-state index contributed by atoms with van der Waals surface area (Å²) in [6.07, 6.45) is 0. The molecule has 0 radical (unpaired) electrons. The van der Waals surface area contributed by atoms with Gasteiger partial charge < -0.3 is 10.2 Å². The van der Waals surface area contributed by atoms with Crippen LogP contribution in [0.3, 0.4) is 0 Å². The third kappa shape index (κ3) is 4.77. The van der Waals surface area contributed by atoms with Crippen LogP contribution in [0.1, 0.15) is 24.1 Å². The number of piperazine rings is 1. The number of halogens is 1. The highest BCUT2D eigenvalue weighted by atomic mass is 32.1. The lowest BCUT2D eigenvalue weighted by molar-refractivity contribution is 0.172. The molecule has 1 atom stereocenters. The Bertz CT molecular complexity index is 699. The maximum absolute atomic E-state index is 13.8. The van der Waals surface area contributed by atoms with E-state index in [0.717, 1.165) is 36.9 Å². The van der Waals surface area contributed by atoms with E-state index in [-0.39, 0.29) is 11.9 Å². The van der Waals surface area contributed by atoms with E-state index in [2.05, 4.69) is 34.2 Å². The van der Waals surface area contributed by atoms with Crippen molar-refractivity contribution >= 4 is 17.3 Å². The van der Waals surface area contributed by atoms with Crippen molar-refractivity contribution in [1.29, 1.82) is 0 Å². The van der Waals surface area contributed by atoms with Crippen LogP contribution in [0, 0.1) is 5.82 Å². The van der Waals surface area contributed by atoms with Gasteiger partial charge in [0, 0.05) is 38.3 Å². The zero-order chi connectivity index (χ0) is 17.6. The van der Waals surface area contributed by atoms with Gasteiger partial charge >= 0.3 is 0 Å². The van der Waals surface area contributed by atoms with E-state index >= 15 is 0 Å². The molecule has 3 rings (SSSR count). The molecule has 0 saturated carbocycles. The SMILES string of the molecule is CC(NC(=S)N1CCN(Cc2ccccc2F)CC1)c1ccccc1. The van der Waals surface area contributed by atoms with Crippen molar-refractivity contribution in [2.75, 3.05) is 26.2 Å². The zero-order valence-corrected chi connectivity index (χ0v) is 15.3. The summed E-state index contributed by atoms with van der Waals surface area (Å²) in [4.78, 5) is 4.48. The smallest absolute Gasteiger partial charge is 0.169 e. The van der Waals surface area contributed by atoms with Crippen LogP contribution in [-0.4, -0.2) is 41.1 Å². The minimum Gasteiger partial charge on any atom is -0.356 e. The fourth-order valence-electron chi connectivity index (χ4n) is 3.08. The molecule has 3 nitrogen and oxygen atoms in total. The Morgan fingerprint density at radius 3 is 2.36 bits per heavy atom. The maximum atomic E-state index is 13.8. The van der Waals surface area contributed by atoms with Gasteiger partial charge in [0.1, 0.15) is 5.82 Å². The van der Waals surface area contributed by atoms with Crippen molar-refractivity contribution < 1.29 is 4.39 Å². The molecule has 1 saturated heterocycles.